The van der Waals surface area contributed by atoms with E-state index in [1.807, 2.05) is 12.1 Å². The molecule has 1 atom stereocenters. The molecule has 2 nitrogen and oxygen atoms in total. The number of piperidine rings is 1. The first-order chi connectivity index (χ1) is 8.74. The zero-order chi connectivity index (χ0) is 13.0. The molecule has 2 N–H and O–H groups in total. The van der Waals surface area contributed by atoms with Crippen LogP contribution < -0.4 is 5.73 Å². The van der Waals surface area contributed by atoms with Crippen LogP contribution in [0.15, 0.2) is 24.3 Å². The van der Waals surface area contributed by atoms with Gasteiger partial charge in [0.1, 0.15) is 5.82 Å². The highest BCUT2D eigenvalue weighted by atomic mass is 19.1. The Morgan fingerprint density at radius 2 is 1.89 bits per heavy atom. The molecule has 0 radical (unpaired) electrons. The highest BCUT2D eigenvalue weighted by Gasteiger charge is 2.26. The molecule has 0 spiro atoms. The minimum Gasteiger partial charge on any atom is -0.330 e. The molecule has 0 saturated carbocycles. The quantitative estimate of drug-likeness (QED) is 0.890. The van der Waals surface area contributed by atoms with Crippen LogP contribution in [-0.2, 0) is 0 Å². The first-order valence-corrected chi connectivity index (χ1v) is 6.92. The van der Waals surface area contributed by atoms with Gasteiger partial charge in [0.25, 0.3) is 0 Å². The normalized spacial score (nSPS) is 19.9. The molecular weight excluding hydrogens is 227 g/mol. The second-order valence-electron chi connectivity index (χ2n) is 5.17. The number of halogens is 1. The van der Waals surface area contributed by atoms with Crippen molar-refractivity contribution < 1.29 is 4.39 Å². The van der Waals surface area contributed by atoms with Crippen LogP contribution in [0.3, 0.4) is 0 Å². The summed E-state index contributed by atoms with van der Waals surface area (Å²) in [5, 5.41) is 0. The highest BCUT2D eigenvalue weighted by molar-refractivity contribution is 5.21. The van der Waals surface area contributed by atoms with E-state index in [1.165, 1.54) is 31.5 Å². The fourth-order valence-electron chi connectivity index (χ4n) is 2.98. The molecule has 1 heterocycles. The zero-order valence-corrected chi connectivity index (χ0v) is 11.1. The van der Waals surface area contributed by atoms with Crippen molar-refractivity contribution in [2.24, 2.45) is 11.7 Å². The summed E-state index contributed by atoms with van der Waals surface area (Å²) in [6.45, 7) is 6.33. The van der Waals surface area contributed by atoms with E-state index in [9.17, 15) is 4.39 Å². The molecule has 1 aromatic rings. The van der Waals surface area contributed by atoms with Gasteiger partial charge >= 0.3 is 0 Å². The van der Waals surface area contributed by atoms with Crippen molar-refractivity contribution in [2.75, 3.05) is 26.2 Å². The Bertz CT molecular complexity index is 355. The van der Waals surface area contributed by atoms with Crippen LogP contribution in [0.25, 0.3) is 0 Å². The molecule has 0 amide bonds. The van der Waals surface area contributed by atoms with Gasteiger partial charge in [-0.25, -0.2) is 4.39 Å². The van der Waals surface area contributed by atoms with Gasteiger partial charge in [-0.15, -0.1) is 0 Å². The summed E-state index contributed by atoms with van der Waals surface area (Å²) < 4.78 is 13.0. The van der Waals surface area contributed by atoms with Crippen molar-refractivity contribution in [1.29, 1.82) is 0 Å². The number of nitrogens with zero attached hydrogens (tertiary/aromatic N) is 1. The van der Waals surface area contributed by atoms with Crippen LogP contribution in [0.4, 0.5) is 4.39 Å². The molecule has 3 heteroatoms. The molecule has 18 heavy (non-hydrogen) atoms. The van der Waals surface area contributed by atoms with E-state index < -0.39 is 0 Å². The first-order valence-electron chi connectivity index (χ1n) is 6.92. The molecule has 1 aliphatic rings. The lowest BCUT2D eigenvalue weighted by atomic mass is 9.80. The molecule has 2 rings (SSSR count). The number of hydrogen-bond acceptors (Lipinski definition) is 2. The summed E-state index contributed by atoms with van der Waals surface area (Å²) in [7, 11) is 0. The molecular formula is C15H23FN2. The summed E-state index contributed by atoms with van der Waals surface area (Å²) >= 11 is 0. The third-order valence-corrected chi connectivity index (χ3v) is 4.20. The van der Waals surface area contributed by atoms with Gasteiger partial charge in [0, 0.05) is 0 Å². The number of likely N-dealkylation sites (tertiary alicyclic amines) is 1. The van der Waals surface area contributed by atoms with Crippen molar-refractivity contribution in [3.63, 3.8) is 0 Å². The van der Waals surface area contributed by atoms with E-state index in [-0.39, 0.29) is 5.82 Å². The SMILES string of the molecule is CCN1CCC(C(CN)c2ccc(F)cc2)CC1. The van der Waals surface area contributed by atoms with Gasteiger partial charge in [-0.05, 0) is 68.6 Å². The molecule has 0 aliphatic carbocycles. The van der Waals surface area contributed by atoms with Crippen LogP contribution in [0, 0.1) is 11.7 Å². The summed E-state index contributed by atoms with van der Waals surface area (Å²) in [5.74, 6) is 0.850. The van der Waals surface area contributed by atoms with Crippen LogP contribution in [-0.4, -0.2) is 31.1 Å². The summed E-state index contributed by atoms with van der Waals surface area (Å²) in [6.07, 6.45) is 2.40. The Morgan fingerprint density at radius 1 is 1.28 bits per heavy atom. The largest absolute Gasteiger partial charge is 0.330 e. The van der Waals surface area contributed by atoms with E-state index in [0.717, 1.165) is 6.54 Å². The average Bonchev–Trinajstić information content (AvgIpc) is 2.42. The Morgan fingerprint density at radius 3 is 2.39 bits per heavy atom. The van der Waals surface area contributed by atoms with Crippen molar-refractivity contribution in [3.8, 4) is 0 Å². The van der Waals surface area contributed by atoms with Crippen LogP contribution in [0.2, 0.25) is 0 Å². The maximum atomic E-state index is 13.0. The molecule has 1 unspecified atom stereocenters. The van der Waals surface area contributed by atoms with Crippen LogP contribution >= 0.6 is 0 Å². The van der Waals surface area contributed by atoms with E-state index in [4.69, 9.17) is 5.73 Å². The number of hydrogen-bond donors (Lipinski definition) is 1. The lowest BCUT2D eigenvalue weighted by Gasteiger charge is -2.35. The standard InChI is InChI=1S/C15H23FN2/c1-2-18-9-7-13(8-10-18)15(11-17)12-3-5-14(16)6-4-12/h3-6,13,15H,2,7-11,17H2,1H3. The fourth-order valence-corrected chi connectivity index (χ4v) is 2.98. The number of rotatable bonds is 4. The van der Waals surface area contributed by atoms with Crippen LogP contribution in [0.5, 0.6) is 0 Å². The van der Waals surface area contributed by atoms with E-state index in [1.54, 1.807) is 12.1 Å². The van der Waals surface area contributed by atoms with Crippen molar-refractivity contribution in [2.45, 2.75) is 25.7 Å². The van der Waals surface area contributed by atoms with Gasteiger partial charge in [0.2, 0.25) is 0 Å². The Balaban J connectivity index is 2.03. The van der Waals surface area contributed by atoms with Gasteiger partial charge in [0.05, 0.1) is 0 Å². The minimum absolute atomic E-state index is 0.171. The van der Waals surface area contributed by atoms with E-state index in [2.05, 4.69) is 11.8 Å². The lowest BCUT2D eigenvalue weighted by molar-refractivity contribution is 0.176. The predicted octanol–water partition coefficient (Wildman–Crippen LogP) is 2.60. The topological polar surface area (TPSA) is 29.3 Å². The van der Waals surface area contributed by atoms with Crippen LogP contribution in [0.1, 0.15) is 31.2 Å². The second kappa shape index (κ2) is 6.30. The van der Waals surface area contributed by atoms with Crippen molar-refractivity contribution in [3.05, 3.63) is 35.6 Å². The molecule has 1 aromatic carbocycles. The average molecular weight is 250 g/mol. The number of nitrogens with two attached hydrogens (primary N) is 1. The van der Waals surface area contributed by atoms with Gasteiger partial charge in [-0.2, -0.15) is 0 Å². The number of benzene rings is 1. The minimum atomic E-state index is -0.171. The molecule has 1 aliphatic heterocycles. The molecule has 0 bridgehead atoms. The van der Waals surface area contributed by atoms with Gasteiger partial charge in [-0.1, -0.05) is 19.1 Å². The Labute approximate surface area is 109 Å². The van der Waals surface area contributed by atoms with Gasteiger partial charge in [-0.3, -0.25) is 0 Å². The molecule has 100 valence electrons. The highest BCUT2D eigenvalue weighted by Crippen LogP contribution is 2.32. The molecule has 1 saturated heterocycles. The summed E-state index contributed by atoms with van der Waals surface area (Å²) in [6, 6.07) is 6.86. The molecule has 0 aromatic heterocycles. The predicted molar refractivity (Wildman–Crippen MR) is 73.0 cm³/mol. The first kappa shape index (κ1) is 13.5. The Hall–Kier alpha value is -0.930. The zero-order valence-electron chi connectivity index (χ0n) is 11.1. The lowest BCUT2D eigenvalue weighted by Crippen LogP contribution is -2.36. The van der Waals surface area contributed by atoms with E-state index >= 15 is 0 Å². The second-order valence-corrected chi connectivity index (χ2v) is 5.17. The summed E-state index contributed by atoms with van der Waals surface area (Å²) in [4.78, 5) is 2.48. The maximum Gasteiger partial charge on any atom is 0.123 e. The van der Waals surface area contributed by atoms with Crippen molar-refractivity contribution in [1.82, 2.24) is 4.90 Å². The smallest absolute Gasteiger partial charge is 0.123 e. The summed E-state index contributed by atoms with van der Waals surface area (Å²) in [5.41, 5.74) is 7.12. The monoisotopic (exact) mass is 250 g/mol. The fraction of sp³-hybridized carbons (Fsp3) is 0.600. The van der Waals surface area contributed by atoms with Gasteiger partial charge in [0.15, 0.2) is 0 Å². The van der Waals surface area contributed by atoms with Crippen molar-refractivity contribution >= 4 is 0 Å². The molecule has 1 fully saturated rings. The maximum absolute atomic E-state index is 13.0. The Kier molecular flexibility index (Phi) is 4.72. The third-order valence-electron chi connectivity index (χ3n) is 4.20. The third kappa shape index (κ3) is 3.09. The van der Waals surface area contributed by atoms with E-state index in [0.29, 0.717) is 18.4 Å². The van der Waals surface area contributed by atoms with Gasteiger partial charge < -0.3 is 10.6 Å².